The van der Waals surface area contributed by atoms with Crippen LogP contribution in [-0.4, -0.2) is 73.0 Å². The van der Waals surface area contributed by atoms with Crippen molar-refractivity contribution in [3.05, 3.63) is 12.2 Å². The Morgan fingerprint density at radius 2 is 1.02 bits per heavy atom. The third-order valence-corrected chi connectivity index (χ3v) is 14.3. The first-order chi connectivity index (χ1) is 30.9. The van der Waals surface area contributed by atoms with Crippen molar-refractivity contribution in [2.75, 3.05) is 38.2 Å². The van der Waals surface area contributed by atoms with Crippen LogP contribution in [0.5, 0.6) is 0 Å². The number of rotatable bonds is 46. The van der Waals surface area contributed by atoms with Gasteiger partial charge in [0.05, 0.1) is 13.0 Å². The number of allylic oxidation sites excluding steroid dienone is 2. The Balaban J connectivity index is 2.43. The molecule has 2 unspecified atom stereocenters. The van der Waals surface area contributed by atoms with Crippen LogP contribution in [0, 0.1) is 5.92 Å². The fourth-order valence-corrected chi connectivity index (χ4v) is 9.80. The zero-order chi connectivity index (χ0) is 45.7. The van der Waals surface area contributed by atoms with Gasteiger partial charge in [-0.15, -0.1) is 0 Å². The van der Waals surface area contributed by atoms with Gasteiger partial charge >= 0.3 is 5.97 Å². The lowest BCUT2D eigenvalue weighted by Gasteiger charge is -2.30. The number of nitrogens with one attached hydrogen (secondary N) is 2. The van der Waals surface area contributed by atoms with Gasteiger partial charge in [0.15, 0.2) is 0 Å². The van der Waals surface area contributed by atoms with Crippen molar-refractivity contribution in [1.82, 2.24) is 15.5 Å². The summed E-state index contributed by atoms with van der Waals surface area (Å²) in [5.41, 5.74) is 0. The number of carbonyl (C=O) groups is 3. The highest BCUT2D eigenvalue weighted by Crippen LogP contribution is 2.21. The number of esters is 1. The molecule has 1 aliphatic heterocycles. The number of unbranched alkanes of at least 4 members (excludes halogenated alkanes) is 27. The molecule has 8 heteroatoms. The largest absolute Gasteiger partial charge is 0.465 e. The molecule has 1 heterocycles. The Labute approximate surface area is 395 Å². The van der Waals surface area contributed by atoms with E-state index >= 15 is 0 Å². The Hall–Kier alpha value is -1.54. The molecule has 0 bridgehead atoms. The SMILES string of the molecule is CCCCCCCC/C=C\CCCCCCCC(=O)NC(CCSCCC(=O)OCC(CCCCCCCCCC)CCCCCCCCCCCC)C(=O)NC1CCN(C)CC1. The highest BCUT2D eigenvalue weighted by atomic mass is 32.2. The van der Waals surface area contributed by atoms with Crippen molar-refractivity contribution in [3.63, 3.8) is 0 Å². The third kappa shape index (κ3) is 39.4. The minimum absolute atomic E-state index is 0.0240. The van der Waals surface area contributed by atoms with E-state index in [1.54, 1.807) is 11.8 Å². The number of hydrogen-bond acceptors (Lipinski definition) is 6. The van der Waals surface area contributed by atoms with Gasteiger partial charge in [0, 0.05) is 18.2 Å². The van der Waals surface area contributed by atoms with Gasteiger partial charge in [-0.25, -0.2) is 0 Å². The summed E-state index contributed by atoms with van der Waals surface area (Å²) in [6.45, 7) is 9.33. The first-order valence-corrected chi connectivity index (χ1v) is 28.7. The molecule has 63 heavy (non-hydrogen) atoms. The Bertz CT molecular complexity index is 1060. The van der Waals surface area contributed by atoms with Gasteiger partial charge < -0.3 is 20.3 Å². The molecule has 0 aromatic carbocycles. The second-order valence-electron chi connectivity index (χ2n) is 19.5. The van der Waals surface area contributed by atoms with E-state index in [0.717, 1.165) is 51.6 Å². The number of ether oxygens (including phenoxy) is 1. The molecular weight excluding hydrogens is 799 g/mol. The van der Waals surface area contributed by atoms with Crippen LogP contribution in [-0.2, 0) is 19.1 Å². The summed E-state index contributed by atoms with van der Waals surface area (Å²) in [4.78, 5) is 41.8. The van der Waals surface area contributed by atoms with E-state index in [0.29, 0.717) is 43.3 Å². The second kappa shape index (κ2) is 45.6. The Morgan fingerprint density at radius 3 is 1.51 bits per heavy atom. The lowest BCUT2D eigenvalue weighted by atomic mass is 9.94. The molecule has 0 aliphatic carbocycles. The van der Waals surface area contributed by atoms with Crippen LogP contribution in [0.25, 0.3) is 0 Å². The van der Waals surface area contributed by atoms with Crippen molar-refractivity contribution in [2.24, 2.45) is 5.92 Å². The van der Waals surface area contributed by atoms with E-state index < -0.39 is 6.04 Å². The average molecular weight is 905 g/mol. The molecule has 0 aromatic rings. The summed E-state index contributed by atoms with van der Waals surface area (Å²) in [6.07, 6.45) is 50.4. The van der Waals surface area contributed by atoms with Gasteiger partial charge in [-0.1, -0.05) is 200 Å². The smallest absolute Gasteiger partial charge is 0.306 e. The van der Waals surface area contributed by atoms with E-state index in [1.807, 2.05) is 0 Å². The number of thioether (sulfide) groups is 1. The molecule has 1 fully saturated rings. The van der Waals surface area contributed by atoms with Gasteiger partial charge in [-0.3, -0.25) is 14.4 Å². The van der Waals surface area contributed by atoms with Crippen LogP contribution >= 0.6 is 11.8 Å². The molecule has 0 radical (unpaired) electrons. The summed E-state index contributed by atoms with van der Waals surface area (Å²) >= 11 is 1.69. The summed E-state index contributed by atoms with van der Waals surface area (Å²) in [5.74, 6) is 1.67. The van der Waals surface area contributed by atoms with Crippen molar-refractivity contribution < 1.29 is 19.1 Å². The van der Waals surface area contributed by atoms with E-state index in [4.69, 9.17) is 4.74 Å². The van der Waals surface area contributed by atoms with Crippen molar-refractivity contribution in [1.29, 1.82) is 0 Å². The molecule has 1 saturated heterocycles. The molecule has 1 aliphatic rings. The first kappa shape index (κ1) is 59.5. The topological polar surface area (TPSA) is 87.7 Å². The minimum Gasteiger partial charge on any atom is -0.465 e. The average Bonchev–Trinajstić information content (AvgIpc) is 3.28. The highest BCUT2D eigenvalue weighted by molar-refractivity contribution is 7.99. The van der Waals surface area contributed by atoms with Crippen molar-refractivity contribution in [2.45, 2.75) is 277 Å². The molecule has 2 amide bonds. The maximum atomic E-state index is 13.5. The molecule has 1 rings (SSSR count). The van der Waals surface area contributed by atoms with E-state index in [1.165, 1.54) is 186 Å². The summed E-state index contributed by atoms with van der Waals surface area (Å²) in [6, 6.07) is -0.381. The molecule has 7 nitrogen and oxygen atoms in total. The van der Waals surface area contributed by atoms with Crippen LogP contribution in [0.15, 0.2) is 12.2 Å². The molecule has 0 saturated carbocycles. The van der Waals surface area contributed by atoms with Gasteiger partial charge in [-0.2, -0.15) is 11.8 Å². The Kier molecular flexibility index (Phi) is 43.1. The maximum Gasteiger partial charge on any atom is 0.306 e. The minimum atomic E-state index is -0.539. The fraction of sp³-hybridized carbons (Fsp3) is 0.909. The van der Waals surface area contributed by atoms with Crippen molar-refractivity contribution >= 4 is 29.5 Å². The van der Waals surface area contributed by atoms with E-state index in [2.05, 4.69) is 55.5 Å². The monoisotopic (exact) mass is 904 g/mol. The molecule has 370 valence electrons. The Morgan fingerprint density at radius 1 is 0.571 bits per heavy atom. The number of carbonyl (C=O) groups excluding carboxylic acids is 3. The third-order valence-electron chi connectivity index (χ3n) is 13.3. The van der Waals surface area contributed by atoms with Crippen molar-refractivity contribution in [3.8, 4) is 0 Å². The van der Waals surface area contributed by atoms with E-state index in [9.17, 15) is 14.4 Å². The van der Waals surface area contributed by atoms with Crippen LogP contribution in [0.4, 0.5) is 0 Å². The lowest BCUT2D eigenvalue weighted by molar-refractivity contribution is -0.144. The molecule has 2 atom stereocenters. The first-order valence-electron chi connectivity index (χ1n) is 27.6. The van der Waals surface area contributed by atoms with Crippen LogP contribution in [0.2, 0.25) is 0 Å². The van der Waals surface area contributed by atoms with E-state index in [-0.39, 0.29) is 23.8 Å². The zero-order valence-electron chi connectivity index (χ0n) is 42.3. The fourth-order valence-electron chi connectivity index (χ4n) is 8.89. The van der Waals surface area contributed by atoms with Gasteiger partial charge in [0.1, 0.15) is 6.04 Å². The lowest BCUT2D eigenvalue weighted by Crippen LogP contribution is -2.52. The number of piperidine rings is 1. The zero-order valence-corrected chi connectivity index (χ0v) is 43.1. The predicted molar refractivity (Wildman–Crippen MR) is 275 cm³/mol. The van der Waals surface area contributed by atoms with Crippen LogP contribution in [0.1, 0.15) is 265 Å². The van der Waals surface area contributed by atoms with Crippen LogP contribution < -0.4 is 10.6 Å². The number of nitrogens with zero attached hydrogens (tertiary/aromatic N) is 1. The molecule has 0 aromatic heterocycles. The highest BCUT2D eigenvalue weighted by Gasteiger charge is 2.25. The quantitative estimate of drug-likeness (QED) is 0.0359. The number of likely N-dealkylation sites (tertiary alicyclic amines) is 1. The second-order valence-corrected chi connectivity index (χ2v) is 20.7. The standard InChI is InChI=1S/C55H105N3O4S/c1-5-8-11-14-17-20-22-23-24-25-26-28-31-34-37-40-53(59)57-52(55(61)56-51-41-45-58(4)46-42-51)43-47-63-48-44-54(60)62-49-50(38-35-32-29-19-16-13-10-7-3)39-36-33-30-27-21-18-15-12-9-6-2/h23-24,50-52H,5-22,25-49H2,1-4H3,(H,56,61)(H,57,59)/b24-23-. The summed E-state index contributed by atoms with van der Waals surface area (Å²) in [5, 5.41) is 6.35. The van der Waals surface area contributed by atoms with Gasteiger partial charge in [-0.05, 0) is 96.0 Å². The maximum absolute atomic E-state index is 13.5. The van der Waals surface area contributed by atoms with Gasteiger partial charge in [0.2, 0.25) is 11.8 Å². The molecular formula is C55H105N3O4S. The molecule has 2 N–H and O–H groups in total. The number of amides is 2. The van der Waals surface area contributed by atoms with Gasteiger partial charge in [0.25, 0.3) is 0 Å². The van der Waals surface area contributed by atoms with Crippen LogP contribution in [0.3, 0.4) is 0 Å². The summed E-state index contributed by atoms with van der Waals surface area (Å²) < 4.78 is 5.90. The summed E-state index contributed by atoms with van der Waals surface area (Å²) in [7, 11) is 2.12. The molecule has 0 spiro atoms. The normalized spacial score (nSPS) is 14.6. The predicted octanol–water partition coefficient (Wildman–Crippen LogP) is 15.2. The number of hydrogen-bond donors (Lipinski definition) is 2.